The van der Waals surface area contributed by atoms with E-state index in [2.05, 4.69) is 15.2 Å². The molecule has 0 saturated carbocycles. The lowest BCUT2D eigenvalue weighted by atomic mass is 9.97. The van der Waals surface area contributed by atoms with Crippen LogP contribution in [-0.4, -0.2) is 50.1 Å². The summed E-state index contributed by atoms with van der Waals surface area (Å²) in [6.07, 6.45) is 2.38. The number of hydrogen-bond acceptors (Lipinski definition) is 3. The topological polar surface area (TPSA) is 53.9 Å². The average molecular weight is 463 g/mol. The highest BCUT2D eigenvalue weighted by Crippen LogP contribution is 2.18. The molecule has 1 fully saturated rings. The van der Waals surface area contributed by atoms with Gasteiger partial charge in [-0.2, -0.15) is 0 Å². The number of nitrogens with zero attached hydrogens (tertiary/aromatic N) is 2. The fourth-order valence-corrected chi connectivity index (χ4v) is 2.89. The Kier molecular flexibility index (Phi) is 9.77. The Morgan fingerprint density at radius 3 is 2.52 bits per heavy atom. The molecule has 0 atom stereocenters. The largest absolute Gasteiger partial charge is 0.466 e. The highest BCUT2D eigenvalue weighted by Gasteiger charge is 2.27. The summed E-state index contributed by atoms with van der Waals surface area (Å²) in [5.41, 5.74) is 1.08. The van der Waals surface area contributed by atoms with Crippen molar-refractivity contribution in [3.63, 3.8) is 0 Å². The molecule has 0 spiro atoms. The molecule has 0 amide bonds. The molecule has 2 rings (SSSR count). The number of ether oxygens (including phenoxy) is 1. The van der Waals surface area contributed by atoms with Gasteiger partial charge in [0.15, 0.2) is 5.96 Å². The second-order valence-electron chi connectivity index (χ2n) is 5.86. The van der Waals surface area contributed by atoms with E-state index in [-0.39, 0.29) is 41.7 Å². The van der Waals surface area contributed by atoms with E-state index in [9.17, 15) is 9.18 Å². The molecule has 0 bridgehead atoms. The molecule has 0 aliphatic carbocycles. The molecule has 7 heteroatoms. The highest BCUT2D eigenvalue weighted by molar-refractivity contribution is 14.0. The van der Waals surface area contributed by atoms with E-state index in [1.807, 2.05) is 6.92 Å². The van der Waals surface area contributed by atoms with Crippen LogP contribution in [0.3, 0.4) is 0 Å². The van der Waals surface area contributed by atoms with E-state index in [1.54, 1.807) is 19.2 Å². The zero-order chi connectivity index (χ0) is 17.4. The van der Waals surface area contributed by atoms with Gasteiger partial charge in [0.05, 0.1) is 12.5 Å². The van der Waals surface area contributed by atoms with Crippen LogP contribution in [0, 0.1) is 11.7 Å². The number of carbonyl (C=O) groups is 1. The number of aliphatic imine (C=N–C) groups is 1. The number of likely N-dealkylation sites (tertiary alicyclic amines) is 1. The van der Waals surface area contributed by atoms with Gasteiger partial charge in [0.25, 0.3) is 0 Å². The Morgan fingerprint density at radius 2 is 1.96 bits per heavy atom. The van der Waals surface area contributed by atoms with E-state index >= 15 is 0 Å². The average Bonchev–Trinajstić information content (AvgIpc) is 2.61. The summed E-state index contributed by atoms with van der Waals surface area (Å²) in [7, 11) is 1.76. The standard InChI is InChI=1S/C18H26FN3O2.HI/c1-3-24-17(23)15-9-12-22(13-10-15)18(20-2)21-11-8-14-4-6-16(19)7-5-14;/h4-7,15H,3,8-13H2,1-2H3,(H,20,21);1H. The van der Waals surface area contributed by atoms with Crippen molar-refractivity contribution in [3.8, 4) is 0 Å². The summed E-state index contributed by atoms with van der Waals surface area (Å²) < 4.78 is 18.0. The Balaban J connectivity index is 0.00000312. The number of piperidine rings is 1. The zero-order valence-electron chi connectivity index (χ0n) is 14.8. The predicted octanol–water partition coefficient (Wildman–Crippen LogP) is 2.84. The van der Waals surface area contributed by atoms with Gasteiger partial charge in [0.2, 0.25) is 0 Å². The van der Waals surface area contributed by atoms with Crippen molar-refractivity contribution in [2.24, 2.45) is 10.9 Å². The van der Waals surface area contributed by atoms with E-state index in [0.717, 1.165) is 50.4 Å². The summed E-state index contributed by atoms with van der Waals surface area (Å²) in [6, 6.07) is 6.55. The number of rotatable bonds is 5. The molecule has 1 aliphatic heterocycles. The molecule has 0 radical (unpaired) electrons. The summed E-state index contributed by atoms with van der Waals surface area (Å²) >= 11 is 0. The van der Waals surface area contributed by atoms with Crippen LogP contribution in [0.5, 0.6) is 0 Å². The van der Waals surface area contributed by atoms with Gasteiger partial charge >= 0.3 is 5.97 Å². The first-order valence-corrected chi connectivity index (χ1v) is 8.50. The van der Waals surface area contributed by atoms with E-state index < -0.39 is 0 Å². The molecule has 25 heavy (non-hydrogen) atoms. The summed E-state index contributed by atoms with van der Waals surface area (Å²) in [5.74, 6) is 0.543. The fraction of sp³-hybridized carbons (Fsp3) is 0.556. The molecular weight excluding hydrogens is 436 g/mol. The van der Waals surface area contributed by atoms with E-state index in [0.29, 0.717) is 6.61 Å². The van der Waals surface area contributed by atoms with Crippen molar-refractivity contribution in [2.45, 2.75) is 26.2 Å². The molecule has 1 saturated heterocycles. The maximum absolute atomic E-state index is 12.9. The third-order valence-electron chi connectivity index (χ3n) is 4.24. The van der Waals surface area contributed by atoms with Crippen molar-refractivity contribution in [1.29, 1.82) is 0 Å². The zero-order valence-corrected chi connectivity index (χ0v) is 17.2. The van der Waals surface area contributed by atoms with E-state index in [4.69, 9.17) is 4.74 Å². The van der Waals surface area contributed by atoms with Gasteiger partial charge < -0.3 is 15.0 Å². The minimum Gasteiger partial charge on any atom is -0.466 e. The number of nitrogens with one attached hydrogen (secondary N) is 1. The number of halogens is 2. The quantitative estimate of drug-likeness (QED) is 0.316. The van der Waals surface area contributed by atoms with Crippen molar-refractivity contribution in [1.82, 2.24) is 10.2 Å². The lowest BCUT2D eigenvalue weighted by molar-refractivity contribution is -0.149. The number of guanidine groups is 1. The number of hydrogen-bond donors (Lipinski definition) is 1. The number of esters is 1. The third kappa shape index (κ3) is 6.80. The summed E-state index contributed by atoms with van der Waals surface area (Å²) in [6.45, 7) is 4.58. The molecule has 0 unspecified atom stereocenters. The second kappa shape index (κ2) is 11.3. The lowest BCUT2D eigenvalue weighted by Gasteiger charge is -2.33. The molecule has 0 aromatic heterocycles. The van der Waals surface area contributed by atoms with Crippen LogP contribution >= 0.6 is 24.0 Å². The maximum atomic E-state index is 12.9. The van der Waals surface area contributed by atoms with Crippen molar-refractivity contribution in [3.05, 3.63) is 35.6 Å². The smallest absolute Gasteiger partial charge is 0.309 e. The molecule has 1 heterocycles. The molecule has 1 aromatic rings. The highest BCUT2D eigenvalue weighted by atomic mass is 127. The Labute approximate surface area is 166 Å². The van der Waals surface area contributed by atoms with Gasteiger partial charge in [-0.15, -0.1) is 24.0 Å². The SMILES string of the molecule is CCOC(=O)C1CCN(C(=NC)NCCc2ccc(F)cc2)CC1.I. The van der Waals surface area contributed by atoms with Crippen LogP contribution in [0.15, 0.2) is 29.3 Å². The van der Waals surface area contributed by atoms with Gasteiger partial charge in [-0.05, 0) is 43.9 Å². The maximum Gasteiger partial charge on any atom is 0.309 e. The monoisotopic (exact) mass is 463 g/mol. The lowest BCUT2D eigenvalue weighted by Crippen LogP contribution is -2.47. The fourth-order valence-electron chi connectivity index (χ4n) is 2.89. The van der Waals surface area contributed by atoms with Gasteiger partial charge in [-0.3, -0.25) is 9.79 Å². The van der Waals surface area contributed by atoms with Crippen LogP contribution in [0.25, 0.3) is 0 Å². The van der Waals surface area contributed by atoms with Crippen molar-refractivity contribution in [2.75, 3.05) is 33.3 Å². The van der Waals surface area contributed by atoms with Gasteiger partial charge in [-0.1, -0.05) is 12.1 Å². The first-order chi connectivity index (χ1) is 11.6. The van der Waals surface area contributed by atoms with Gasteiger partial charge in [0.1, 0.15) is 5.82 Å². The van der Waals surface area contributed by atoms with Crippen LogP contribution in [0.2, 0.25) is 0 Å². The summed E-state index contributed by atoms with van der Waals surface area (Å²) in [4.78, 5) is 18.3. The van der Waals surface area contributed by atoms with Crippen LogP contribution in [0.1, 0.15) is 25.3 Å². The molecular formula is C18H27FIN3O2. The van der Waals surface area contributed by atoms with Gasteiger partial charge in [-0.25, -0.2) is 4.39 Å². The Morgan fingerprint density at radius 1 is 1.32 bits per heavy atom. The van der Waals surface area contributed by atoms with Gasteiger partial charge in [0, 0.05) is 26.7 Å². The second-order valence-corrected chi connectivity index (χ2v) is 5.86. The Hall–Kier alpha value is -1.38. The minimum atomic E-state index is -0.216. The molecule has 5 nitrogen and oxygen atoms in total. The third-order valence-corrected chi connectivity index (χ3v) is 4.24. The minimum absolute atomic E-state index is 0. The normalized spacial score (nSPS) is 15.5. The first kappa shape index (κ1) is 21.7. The summed E-state index contributed by atoms with van der Waals surface area (Å²) in [5, 5.41) is 3.34. The van der Waals surface area contributed by atoms with E-state index in [1.165, 1.54) is 12.1 Å². The molecule has 1 aliphatic rings. The molecule has 140 valence electrons. The van der Waals surface area contributed by atoms with Crippen molar-refractivity contribution >= 4 is 35.9 Å². The number of benzene rings is 1. The van der Waals surface area contributed by atoms with Crippen LogP contribution in [0.4, 0.5) is 4.39 Å². The molecule has 1 aromatic carbocycles. The molecule has 1 N–H and O–H groups in total. The predicted molar refractivity (Wildman–Crippen MR) is 108 cm³/mol. The van der Waals surface area contributed by atoms with Crippen molar-refractivity contribution < 1.29 is 13.9 Å². The Bertz CT molecular complexity index is 558. The van der Waals surface area contributed by atoms with Crippen LogP contribution < -0.4 is 5.32 Å². The first-order valence-electron chi connectivity index (χ1n) is 8.50. The van der Waals surface area contributed by atoms with Crippen LogP contribution in [-0.2, 0) is 16.0 Å². The number of carbonyl (C=O) groups excluding carboxylic acids is 1.